The summed E-state index contributed by atoms with van der Waals surface area (Å²) >= 11 is 12.2. The van der Waals surface area contributed by atoms with Crippen LogP contribution in [-0.2, 0) is 42.8 Å². The maximum absolute atomic E-state index is 14.8. The van der Waals surface area contributed by atoms with Crippen molar-refractivity contribution in [1.29, 1.82) is 0 Å². The average Bonchev–Trinajstić information content (AvgIpc) is 3.68. The third-order valence-corrected chi connectivity index (χ3v) is 14.0. The second-order valence-electron chi connectivity index (χ2n) is 17.6. The minimum absolute atomic E-state index is 0.00593. The number of hydrogen-bond acceptors (Lipinski definition) is 14. The molecule has 2 aliphatic carbocycles. The zero-order valence-electron chi connectivity index (χ0n) is 36.4. The molecule has 0 aromatic carbocycles. The highest BCUT2D eigenvalue weighted by Crippen LogP contribution is 2.51. The van der Waals surface area contributed by atoms with Crippen molar-refractivity contribution in [3.8, 4) is 0 Å². The van der Waals surface area contributed by atoms with E-state index < -0.39 is 144 Å². The van der Waals surface area contributed by atoms with Crippen LogP contribution in [0.5, 0.6) is 0 Å². The number of aliphatic hydroxyl groups excluding tert-OH is 2. The Balaban J connectivity index is 1.28. The number of allylic oxidation sites excluding steroid dienone is 3. The summed E-state index contributed by atoms with van der Waals surface area (Å²) in [4.78, 5) is 70.5. The molecular formula is C43H58Cl2N4O14. The smallest absolute Gasteiger partial charge is 0.405 e. The quantitative estimate of drug-likeness (QED) is 0.0606. The number of Topliss-reactive ketones (excluding diaryl/α,β-unsaturated/α-hetero) is 1. The van der Waals surface area contributed by atoms with E-state index in [4.69, 9.17) is 57.4 Å². The molecule has 0 radical (unpaired) electrons. The molecular weight excluding hydrogens is 867 g/mol. The van der Waals surface area contributed by atoms with Crippen molar-refractivity contribution >= 4 is 52.9 Å². The third kappa shape index (κ3) is 9.02. The first-order chi connectivity index (χ1) is 29.5. The van der Waals surface area contributed by atoms with Crippen LogP contribution in [0.3, 0.4) is 0 Å². The predicted octanol–water partition coefficient (Wildman–Crippen LogP) is 3.86. The number of aromatic amines is 1. The highest BCUT2D eigenvalue weighted by atomic mass is 35.5. The van der Waals surface area contributed by atoms with E-state index in [0.717, 1.165) is 12.5 Å². The number of hydrogen-bond donors (Lipinski definition) is 6. The van der Waals surface area contributed by atoms with Gasteiger partial charge in [0.05, 0.1) is 34.4 Å². The van der Waals surface area contributed by atoms with E-state index in [1.807, 2.05) is 19.1 Å². The van der Waals surface area contributed by atoms with Gasteiger partial charge in [-0.1, -0.05) is 68.3 Å². The van der Waals surface area contributed by atoms with Gasteiger partial charge >= 0.3 is 12.1 Å². The molecule has 16 atom stereocenters. The molecule has 4 heterocycles. The van der Waals surface area contributed by atoms with Crippen molar-refractivity contribution in [2.45, 2.75) is 141 Å². The highest BCUT2D eigenvalue weighted by Gasteiger charge is 2.59. The topological polar surface area (TPSA) is 258 Å². The number of aliphatic hydroxyl groups is 3. The lowest BCUT2D eigenvalue weighted by Crippen LogP contribution is -2.66. The van der Waals surface area contributed by atoms with Crippen LogP contribution >= 0.6 is 23.2 Å². The minimum atomic E-state index is -1.92. The normalized spacial score (nSPS) is 38.3. The molecule has 0 bridgehead atoms. The van der Waals surface area contributed by atoms with E-state index in [0.29, 0.717) is 12.8 Å². The van der Waals surface area contributed by atoms with Crippen LogP contribution in [0.4, 0.5) is 4.79 Å². The monoisotopic (exact) mass is 924 g/mol. The standard InChI is InChI=1S/C43H58Cl2N4O14/c1-16(2)32-34(52)29(40(55)49(32)41-37(58-9)36(61-22(8)50)35(19(5)60-41)63-42(46)56)33(51)28-18(4)10-12-23-25(13-11-17(3)27(23)28)62-26-14-43(57,38(53)20(6)59-26)21(7)48-39(54)31-30(45)24(44)15-47-31/h10,12,15-16,18-21,23,25-28,32,35-38,41,47,51,53,57H,3,11,13-14H2,1-2,4-9H3,(H2,46,56)(H,48,54)/b33-29-. The number of likely N-dealkylation sites (tertiary alicyclic amines) is 1. The molecule has 5 aliphatic rings. The number of halogens is 2. The van der Waals surface area contributed by atoms with E-state index in [9.17, 15) is 39.3 Å². The number of primary amides is 1. The zero-order valence-corrected chi connectivity index (χ0v) is 37.9. The number of rotatable bonds is 11. The molecule has 1 saturated carbocycles. The van der Waals surface area contributed by atoms with E-state index >= 15 is 0 Å². The first-order valence-electron chi connectivity index (χ1n) is 21.1. The summed E-state index contributed by atoms with van der Waals surface area (Å²) < 4.78 is 35.5. The number of aromatic nitrogens is 1. The Hall–Kier alpha value is -4.01. The van der Waals surface area contributed by atoms with Gasteiger partial charge in [-0.15, -0.1) is 0 Å². The van der Waals surface area contributed by atoms with Crippen LogP contribution in [0.1, 0.15) is 78.2 Å². The second-order valence-corrected chi connectivity index (χ2v) is 18.4. The number of nitrogens with zero attached hydrogens (tertiary/aromatic N) is 1. The zero-order chi connectivity index (χ0) is 46.6. The Labute approximate surface area is 375 Å². The van der Waals surface area contributed by atoms with Gasteiger partial charge < -0.3 is 59.8 Å². The SMILES string of the molecule is C=C1CCC(OC2CC(O)(C(C)NC(=O)c3[nH]cc(Cl)c3Cl)C(O)C(C)O2)C2C=CC(C)C(/C(O)=C3\C(=O)C(C(C)C)N(C4OC(C)C(OC(N)=O)C(OC(C)=O)C4OC)C3=O)C12. The first kappa shape index (κ1) is 48.4. The van der Waals surface area contributed by atoms with Crippen LogP contribution in [-0.4, -0.2) is 135 Å². The fraction of sp³-hybridized carbons (Fsp3) is 0.651. The maximum Gasteiger partial charge on any atom is 0.405 e. The van der Waals surface area contributed by atoms with Gasteiger partial charge in [0.15, 0.2) is 30.5 Å². The molecule has 3 saturated heterocycles. The van der Waals surface area contributed by atoms with Crippen molar-refractivity contribution in [2.75, 3.05) is 7.11 Å². The fourth-order valence-corrected chi connectivity index (χ4v) is 10.4. The third-order valence-electron chi connectivity index (χ3n) is 13.2. The first-order valence-corrected chi connectivity index (χ1v) is 21.8. The van der Waals surface area contributed by atoms with Crippen molar-refractivity contribution in [1.82, 2.24) is 15.2 Å². The number of fused-ring (bicyclic) bond motifs is 1. The van der Waals surface area contributed by atoms with E-state index in [2.05, 4.69) is 16.9 Å². The Kier molecular flexibility index (Phi) is 14.5. The summed E-state index contributed by atoms with van der Waals surface area (Å²) in [6.07, 6.45) is -5.37. The van der Waals surface area contributed by atoms with E-state index in [-0.39, 0.29) is 22.2 Å². The summed E-state index contributed by atoms with van der Waals surface area (Å²) in [5.41, 5.74) is 3.74. The van der Waals surface area contributed by atoms with Gasteiger partial charge in [-0.05, 0) is 51.4 Å². The van der Waals surface area contributed by atoms with Crippen molar-refractivity contribution in [2.24, 2.45) is 35.3 Å². The molecule has 0 spiro atoms. The number of amides is 3. The summed E-state index contributed by atoms with van der Waals surface area (Å²) in [6, 6.07) is -2.16. The summed E-state index contributed by atoms with van der Waals surface area (Å²) in [7, 11) is 1.29. The lowest BCUT2D eigenvalue weighted by molar-refractivity contribution is -0.296. The van der Waals surface area contributed by atoms with Gasteiger partial charge in [-0.3, -0.25) is 24.1 Å². The molecule has 6 rings (SSSR count). The number of H-pyrrole nitrogens is 1. The lowest BCUT2D eigenvalue weighted by atomic mass is 9.61. The Morgan fingerprint density at radius 2 is 1.75 bits per heavy atom. The minimum Gasteiger partial charge on any atom is -0.511 e. The largest absolute Gasteiger partial charge is 0.511 e. The van der Waals surface area contributed by atoms with Gasteiger partial charge in [0.1, 0.15) is 40.9 Å². The van der Waals surface area contributed by atoms with Crippen LogP contribution in [0.2, 0.25) is 10.0 Å². The molecule has 7 N–H and O–H groups in total. The number of esters is 1. The van der Waals surface area contributed by atoms with Gasteiger partial charge in [-0.25, -0.2) is 4.79 Å². The van der Waals surface area contributed by atoms with Gasteiger partial charge in [0, 0.05) is 38.5 Å². The maximum atomic E-state index is 14.8. The summed E-state index contributed by atoms with van der Waals surface area (Å²) in [6.45, 7) is 15.5. The van der Waals surface area contributed by atoms with Gasteiger partial charge in [0.25, 0.3) is 11.8 Å². The van der Waals surface area contributed by atoms with Crippen LogP contribution in [0.25, 0.3) is 0 Å². The lowest BCUT2D eigenvalue weighted by Gasteiger charge is -2.50. The number of nitrogens with one attached hydrogen (secondary N) is 2. The number of carbonyl (C=O) groups excluding carboxylic acids is 5. The van der Waals surface area contributed by atoms with Crippen LogP contribution in [0.15, 0.2) is 41.8 Å². The molecule has 348 valence electrons. The molecule has 3 aliphatic heterocycles. The number of methoxy groups -OCH3 is 1. The van der Waals surface area contributed by atoms with Crippen molar-refractivity contribution in [3.63, 3.8) is 0 Å². The summed E-state index contributed by atoms with van der Waals surface area (Å²) in [5, 5.41) is 38.4. The predicted molar refractivity (Wildman–Crippen MR) is 225 cm³/mol. The van der Waals surface area contributed by atoms with E-state index in [1.165, 1.54) is 25.1 Å². The second kappa shape index (κ2) is 18.8. The summed E-state index contributed by atoms with van der Waals surface area (Å²) in [5.74, 6) is -5.95. The molecule has 4 fully saturated rings. The van der Waals surface area contributed by atoms with Crippen LogP contribution in [0, 0.1) is 29.6 Å². The van der Waals surface area contributed by atoms with Crippen LogP contribution < -0.4 is 11.1 Å². The van der Waals surface area contributed by atoms with E-state index in [1.54, 1.807) is 27.7 Å². The Morgan fingerprint density at radius 3 is 2.33 bits per heavy atom. The Bertz CT molecular complexity index is 2040. The number of nitrogens with two attached hydrogens (primary N) is 1. The fourth-order valence-electron chi connectivity index (χ4n) is 10.1. The number of ketones is 1. The molecule has 1 aromatic heterocycles. The Morgan fingerprint density at radius 1 is 1.06 bits per heavy atom. The molecule has 20 heteroatoms. The van der Waals surface area contributed by atoms with Gasteiger partial charge in [0.2, 0.25) is 0 Å². The molecule has 63 heavy (non-hydrogen) atoms. The van der Waals surface area contributed by atoms with Crippen molar-refractivity contribution in [3.05, 3.63) is 57.6 Å². The molecule has 16 unspecified atom stereocenters. The number of ether oxygens (including phenoxy) is 6. The molecule has 3 amide bonds. The molecule has 18 nitrogen and oxygen atoms in total. The average molecular weight is 926 g/mol. The van der Waals surface area contributed by atoms with Crippen molar-refractivity contribution < 1.29 is 67.7 Å². The highest BCUT2D eigenvalue weighted by molar-refractivity contribution is 6.43. The number of carbonyl (C=O) groups is 5. The van der Waals surface area contributed by atoms with Gasteiger partial charge in [-0.2, -0.15) is 0 Å². The molecule has 1 aromatic rings.